The van der Waals surface area contributed by atoms with Crippen molar-refractivity contribution in [3.8, 4) is 0 Å². The topological polar surface area (TPSA) is 87.2 Å². The zero-order valence-corrected chi connectivity index (χ0v) is 19.6. The van der Waals surface area contributed by atoms with E-state index in [4.69, 9.17) is 11.6 Å². The minimum Gasteiger partial charge on any atom is -0.355 e. The Balaban J connectivity index is 1.36. The molecule has 0 aliphatic carbocycles. The SMILES string of the molecule is O=C(Nc1ccc(Cl)c(F)c1)Nc1ccc(F)c(C(=O)c2ccc3ncc(N4CCCC4)nc3c2)c1. The molecule has 0 spiro atoms. The van der Waals surface area contributed by atoms with Crippen LogP contribution in [0.2, 0.25) is 5.02 Å². The van der Waals surface area contributed by atoms with Gasteiger partial charge in [-0.25, -0.2) is 18.6 Å². The molecule has 0 unspecified atom stereocenters. The predicted molar refractivity (Wildman–Crippen MR) is 135 cm³/mol. The highest BCUT2D eigenvalue weighted by atomic mass is 35.5. The molecule has 1 fully saturated rings. The highest BCUT2D eigenvalue weighted by Gasteiger charge is 2.18. The summed E-state index contributed by atoms with van der Waals surface area (Å²) in [5.74, 6) is -1.24. The van der Waals surface area contributed by atoms with Crippen LogP contribution in [0.25, 0.3) is 11.0 Å². The standard InChI is InChI=1S/C26H20ClF2N5O2/c27-19-6-4-17(13-21(19)29)32-26(36)31-16-5-7-20(28)18(12-16)25(35)15-3-8-22-23(11-15)33-24(14-30-22)34-9-1-2-10-34/h3-8,11-14H,1-2,9-10H2,(H2,31,32,36). The van der Waals surface area contributed by atoms with Gasteiger partial charge in [-0.05, 0) is 67.4 Å². The number of halogens is 3. The molecule has 0 saturated carbocycles. The van der Waals surface area contributed by atoms with Crippen molar-refractivity contribution in [1.82, 2.24) is 9.97 Å². The Morgan fingerprint density at radius 1 is 0.861 bits per heavy atom. The van der Waals surface area contributed by atoms with Crippen LogP contribution in [0.4, 0.5) is 30.8 Å². The van der Waals surface area contributed by atoms with E-state index in [1.165, 1.54) is 24.3 Å². The largest absolute Gasteiger partial charge is 0.355 e. The molecule has 1 aromatic heterocycles. The third-order valence-corrected chi connectivity index (χ3v) is 6.17. The first-order valence-corrected chi connectivity index (χ1v) is 11.6. The summed E-state index contributed by atoms with van der Waals surface area (Å²) in [5.41, 5.74) is 1.55. The first-order valence-electron chi connectivity index (χ1n) is 11.3. The van der Waals surface area contributed by atoms with Crippen molar-refractivity contribution < 1.29 is 18.4 Å². The number of hydrogen-bond donors (Lipinski definition) is 2. The minimum atomic E-state index is -0.734. The second-order valence-electron chi connectivity index (χ2n) is 8.36. The molecule has 2 heterocycles. The Labute approximate surface area is 210 Å². The van der Waals surface area contributed by atoms with Gasteiger partial charge in [0, 0.05) is 30.0 Å². The zero-order chi connectivity index (χ0) is 25.2. The fourth-order valence-corrected chi connectivity index (χ4v) is 4.16. The first-order chi connectivity index (χ1) is 17.4. The number of fused-ring (bicyclic) bond motifs is 1. The summed E-state index contributed by atoms with van der Waals surface area (Å²) in [7, 11) is 0. The van der Waals surface area contributed by atoms with E-state index in [2.05, 4.69) is 25.5 Å². The highest BCUT2D eigenvalue weighted by Crippen LogP contribution is 2.24. The van der Waals surface area contributed by atoms with Gasteiger partial charge in [0.1, 0.15) is 17.5 Å². The molecule has 2 amide bonds. The Hall–Kier alpha value is -4.11. The van der Waals surface area contributed by atoms with Crippen LogP contribution in [-0.2, 0) is 0 Å². The molecule has 1 aliphatic rings. The Kier molecular flexibility index (Phi) is 6.47. The molecule has 36 heavy (non-hydrogen) atoms. The fourth-order valence-electron chi connectivity index (χ4n) is 4.04. The van der Waals surface area contributed by atoms with Gasteiger partial charge in [-0.2, -0.15) is 0 Å². The lowest BCUT2D eigenvalue weighted by Gasteiger charge is -2.16. The van der Waals surface area contributed by atoms with E-state index in [1.807, 2.05) is 0 Å². The molecular formula is C26H20ClF2N5O2. The summed E-state index contributed by atoms with van der Waals surface area (Å²) in [5, 5.41) is 4.90. The number of carbonyl (C=O) groups is 2. The van der Waals surface area contributed by atoms with Crippen LogP contribution in [0.1, 0.15) is 28.8 Å². The molecule has 5 rings (SSSR count). The third-order valence-electron chi connectivity index (χ3n) is 5.87. The van der Waals surface area contributed by atoms with Gasteiger partial charge in [-0.3, -0.25) is 9.78 Å². The van der Waals surface area contributed by atoms with E-state index in [0.717, 1.165) is 43.9 Å². The number of nitrogens with zero attached hydrogens (tertiary/aromatic N) is 3. The van der Waals surface area contributed by atoms with Crippen molar-refractivity contribution >= 4 is 51.6 Å². The number of rotatable bonds is 5. The molecule has 182 valence electrons. The second-order valence-corrected chi connectivity index (χ2v) is 8.76. The van der Waals surface area contributed by atoms with Crippen LogP contribution in [0.15, 0.2) is 60.8 Å². The molecule has 0 bridgehead atoms. The number of amides is 2. The molecule has 4 aromatic rings. The van der Waals surface area contributed by atoms with E-state index in [9.17, 15) is 18.4 Å². The highest BCUT2D eigenvalue weighted by molar-refractivity contribution is 6.30. The molecular weight excluding hydrogens is 488 g/mol. The lowest BCUT2D eigenvalue weighted by Crippen LogP contribution is -2.20. The molecule has 7 nitrogen and oxygen atoms in total. The van der Waals surface area contributed by atoms with Gasteiger partial charge < -0.3 is 15.5 Å². The Morgan fingerprint density at radius 3 is 2.33 bits per heavy atom. The Bertz CT molecular complexity index is 1490. The van der Waals surface area contributed by atoms with Crippen LogP contribution < -0.4 is 15.5 Å². The third kappa shape index (κ3) is 4.96. The lowest BCUT2D eigenvalue weighted by atomic mass is 10.0. The number of nitrogens with one attached hydrogen (secondary N) is 2. The lowest BCUT2D eigenvalue weighted by molar-refractivity contribution is 0.103. The van der Waals surface area contributed by atoms with Gasteiger partial charge in [0.25, 0.3) is 0 Å². The summed E-state index contributed by atoms with van der Waals surface area (Å²) in [6, 6.07) is 11.6. The number of anilines is 3. The van der Waals surface area contributed by atoms with E-state index < -0.39 is 23.4 Å². The summed E-state index contributed by atoms with van der Waals surface area (Å²) in [4.78, 5) is 36.7. The number of carbonyl (C=O) groups excluding carboxylic acids is 2. The van der Waals surface area contributed by atoms with E-state index >= 15 is 0 Å². The number of benzene rings is 3. The number of aromatic nitrogens is 2. The molecule has 3 aromatic carbocycles. The van der Waals surface area contributed by atoms with Crippen LogP contribution in [-0.4, -0.2) is 34.9 Å². The van der Waals surface area contributed by atoms with E-state index in [1.54, 1.807) is 24.4 Å². The molecule has 1 aliphatic heterocycles. The van der Waals surface area contributed by atoms with Crippen LogP contribution in [0, 0.1) is 11.6 Å². The van der Waals surface area contributed by atoms with Gasteiger partial charge in [-0.15, -0.1) is 0 Å². The quantitative estimate of drug-likeness (QED) is 0.322. The zero-order valence-electron chi connectivity index (χ0n) is 18.9. The van der Waals surface area contributed by atoms with Crippen molar-refractivity contribution in [2.75, 3.05) is 28.6 Å². The molecule has 10 heteroatoms. The number of hydrogen-bond acceptors (Lipinski definition) is 5. The van der Waals surface area contributed by atoms with E-state index in [0.29, 0.717) is 11.0 Å². The smallest absolute Gasteiger partial charge is 0.323 e. The minimum absolute atomic E-state index is 0.0745. The molecule has 0 atom stereocenters. The second kappa shape index (κ2) is 9.87. The fraction of sp³-hybridized carbons (Fsp3) is 0.154. The molecule has 2 N–H and O–H groups in total. The normalized spacial score (nSPS) is 13.1. The number of urea groups is 1. The van der Waals surface area contributed by atoms with Gasteiger partial charge >= 0.3 is 6.03 Å². The summed E-state index contributed by atoms with van der Waals surface area (Å²) in [6.45, 7) is 1.81. The maximum Gasteiger partial charge on any atom is 0.323 e. The maximum absolute atomic E-state index is 14.6. The van der Waals surface area contributed by atoms with Crippen molar-refractivity contribution in [3.63, 3.8) is 0 Å². The van der Waals surface area contributed by atoms with Crippen molar-refractivity contribution in [3.05, 3.63) is 88.6 Å². The number of ketones is 1. The monoisotopic (exact) mass is 507 g/mol. The van der Waals surface area contributed by atoms with Gasteiger partial charge in [0.15, 0.2) is 5.78 Å². The Morgan fingerprint density at radius 2 is 1.58 bits per heavy atom. The van der Waals surface area contributed by atoms with E-state index in [-0.39, 0.29) is 27.5 Å². The van der Waals surface area contributed by atoms with Gasteiger partial charge in [0.05, 0.1) is 27.8 Å². The van der Waals surface area contributed by atoms with Crippen LogP contribution in [0.3, 0.4) is 0 Å². The van der Waals surface area contributed by atoms with Crippen molar-refractivity contribution in [1.29, 1.82) is 0 Å². The predicted octanol–water partition coefficient (Wildman–Crippen LogP) is 6.04. The van der Waals surface area contributed by atoms with Gasteiger partial charge in [-0.1, -0.05) is 11.6 Å². The molecule has 0 radical (unpaired) electrons. The summed E-state index contributed by atoms with van der Waals surface area (Å²) in [6.07, 6.45) is 3.90. The molecule has 1 saturated heterocycles. The van der Waals surface area contributed by atoms with Gasteiger partial charge in [0.2, 0.25) is 0 Å². The maximum atomic E-state index is 14.6. The van der Waals surface area contributed by atoms with Crippen LogP contribution in [0.5, 0.6) is 0 Å². The van der Waals surface area contributed by atoms with Crippen molar-refractivity contribution in [2.45, 2.75) is 12.8 Å². The van der Waals surface area contributed by atoms with Crippen LogP contribution >= 0.6 is 11.6 Å². The van der Waals surface area contributed by atoms with Crippen molar-refractivity contribution in [2.24, 2.45) is 0 Å². The first kappa shape index (κ1) is 23.6. The average molecular weight is 508 g/mol. The summed E-state index contributed by atoms with van der Waals surface area (Å²) < 4.78 is 28.2. The average Bonchev–Trinajstić information content (AvgIpc) is 3.41. The summed E-state index contributed by atoms with van der Waals surface area (Å²) >= 11 is 5.65.